The first-order valence-corrected chi connectivity index (χ1v) is 11.2. The van der Waals surface area contributed by atoms with Crippen molar-refractivity contribution in [3.8, 4) is 11.4 Å². The van der Waals surface area contributed by atoms with E-state index < -0.39 is 0 Å². The molecule has 0 radical (unpaired) electrons. The van der Waals surface area contributed by atoms with Gasteiger partial charge in [-0.05, 0) is 31.0 Å². The Labute approximate surface area is 184 Å². The maximum Gasteiger partial charge on any atom is 0.239 e. The van der Waals surface area contributed by atoms with Crippen LogP contribution in [0.3, 0.4) is 0 Å². The van der Waals surface area contributed by atoms with Crippen molar-refractivity contribution in [3.05, 3.63) is 77.7 Å². The number of hydrogen-bond donors (Lipinski definition) is 0. The van der Waals surface area contributed by atoms with Gasteiger partial charge in [-0.3, -0.25) is 4.57 Å². The van der Waals surface area contributed by atoms with Crippen molar-refractivity contribution in [1.29, 1.82) is 0 Å². The molecule has 1 unspecified atom stereocenters. The van der Waals surface area contributed by atoms with E-state index in [1.54, 1.807) is 18.2 Å². The van der Waals surface area contributed by atoms with Crippen LogP contribution in [0, 0.1) is 5.82 Å². The van der Waals surface area contributed by atoms with E-state index in [0.29, 0.717) is 29.0 Å². The third kappa shape index (κ3) is 5.02. The standard InChI is InChI=1S/C23H24FN5OS/c1-3-4-14-20-25-22(30-28-20)16(2)31-23-27-26-21(18-12-8-9-13-19(18)24)29(23)15-17-10-6-5-7-11-17/h5-13,16H,3-4,14-15H2,1-2H3. The zero-order valence-corrected chi connectivity index (χ0v) is 18.3. The first-order valence-electron chi connectivity index (χ1n) is 10.4. The number of rotatable bonds is 9. The predicted molar refractivity (Wildman–Crippen MR) is 118 cm³/mol. The van der Waals surface area contributed by atoms with Gasteiger partial charge in [-0.15, -0.1) is 10.2 Å². The molecule has 0 spiro atoms. The first-order chi connectivity index (χ1) is 15.2. The number of halogens is 1. The molecule has 0 aliphatic carbocycles. The molecule has 0 saturated carbocycles. The van der Waals surface area contributed by atoms with Gasteiger partial charge in [0.05, 0.1) is 17.4 Å². The molecule has 4 rings (SSSR count). The summed E-state index contributed by atoms with van der Waals surface area (Å²) in [7, 11) is 0. The summed E-state index contributed by atoms with van der Waals surface area (Å²) >= 11 is 1.47. The molecule has 2 heterocycles. The molecule has 4 aromatic rings. The normalized spacial score (nSPS) is 12.2. The molecular formula is C23H24FN5OS. The van der Waals surface area contributed by atoms with E-state index in [1.807, 2.05) is 41.8 Å². The van der Waals surface area contributed by atoms with Gasteiger partial charge in [0, 0.05) is 6.42 Å². The molecule has 0 aliphatic heterocycles. The second-order valence-corrected chi connectivity index (χ2v) is 8.58. The van der Waals surface area contributed by atoms with Crippen molar-refractivity contribution in [1.82, 2.24) is 24.9 Å². The summed E-state index contributed by atoms with van der Waals surface area (Å²) in [6, 6.07) is 16.6. The summed E-state index contributed by atoms with van der Waals surface area (Å²) in [5.41, 5.74) is 1.50. The molecule has 0 saturated heterocycles. The maximum absolute atomic E-state index is 14.5. The molecule has 6 nitrogen and oxygen atoms in total. The highest BCUT2D eigenvalue weighted by Crippen LogP contribution is 2.35. The van der Waals surface area contributed by atoms with E-state index >= 15 is 0 Å². The minimum atomic E-state index is -0.328. The van der Waals surface area contributed by atoms with E-state index in [-0.39, 0.29) is 11.1 Å². The maximum atomic E-state index is 14.5. The first kappa shape index (κ1) is 21.2. The lowest BCUT2D eigenvalue weighted by molar-refractivity contribution is 0.374. The van der Waals surface area contributed by atoms with Crippen LogP contribution in [-0.2, 0) is 13.0 Å². The van der Waals surface area contributed by atoms with Gasteiger partial charge in [0.25, 0.3) is 0 Å². The number of unbranched alkanes of at least 4 members (excludes halogenated alkanes) is 1. The van der Waals surface area contributed by atoms with Crippen LogP contribution in [0.15, 0.2) is 64.3 Å². The van der Waals surface area contributed by atoms with Crippen LogP contribution < -0.4 is 0 Å². The van der Waals surface area contributed by atoms with Crippen molar-refractivity contribution < 1.29 is 8.91 Å². The van der Waals surface area contributed by atoms with Crippen molar-refractivity contribution in [2.24, 2.45) is 0 Å². The quantitative estimate of drug-likeness (QED) is 0.312. The zero-order chi connectivity index (χ0) is 21.6. The summed E-state index contributed by atoms with van der Waals surface area (Å²) in [5.74, 6) is 1.44. The molecule has 0 N–H and O–H groups in total. The van der Waals surface area contributed by atoms with E-state index in [0.717, 1.165) is 30.7 Å². The fraction of sp³-hybridized carbons (Fsp3) is 0.304. The topological polar surface area (TPSA) is 69.6 Å². The third-order valence-corrected chi connectivity index (χ3v) is 5.95. The highest BCUT2D eigenvalue weighted by atomic mass is 32.2. The molecule has 0 aliphatic rings. The monoisotopic (exact) mass is 437 g/mol. The van der Waals surface area contributed by atoms with Crippen molar-refractivity contribution in [3.63, 3.8) is 0 Å². The summed E-state index contributed by atoms with van der Waals surface area (Å²) in [6.07, 6.45) is 2.91. The van der Waals surface area contributed by atoms with Crippen LogP contribution >= 0.6 is 11.8 Å². The number of nitrogens with zero attached hydrogens (tertiary/aromatic N) is 5. The Balaban J connectivity index is 1.64. The summed E-state index contributed by atoms with van der Waals surface area (Å²) in [6.45, 7) is 4.65. The minimum Gasteiger partial charge on any atom is -0.338 e. The van der Waals surface area contributed by atoms with Gasteiger partial charge in [-0.2, -0.15) is 4.98 Å². The molecule has 160 valence electrons. The van der Waals surface area contributed by atoms with E-state index in [9.17, 15) is 4.39 Å². The van der Waals surface area contributed by atoms with Crippen LogP contribution in [0.5, 0.6) is 0 Å². The lowest BCUT2D eigenvalue weighted by atomic mass is 10.2. The van der Waals surface area contributed by atoms with E-state index in [2.05, 4.69) is 27.3 Å². The average molecular weight is 438 g/mol. The molecule has 1 atom stereocenters. The Hall–Kier alpha value is -3.00. The van der Waals surface area contributed by atoms with Crippen LogP contribution in [0.4, 0.5) is 4.39 Å². The highest BCUT2D eigenvalue weighted by Gasteiger charge is 2.22. The Morgan fingerprint density at radius 2 is 1.84 bits per heavy atom. The fourth-order valence-corrected chi connectivity index (χ4v) is 4.08. The van der Waals surface area contributed by atoms with Crippen LogP contribution in [0.1, 0.15) is 49.2 Å². The largest absolute Gasteiger partial charge is 0.338 e. The van der Waals surface area contributed by atoms with Gasteiger partial charge in [0.15, 0.2) is 16.8 Å². The number of hydrogen-bond acceptors (Lipinski definition) is 6. The smallest absolute Gasteiger partial charge is 0.239 e. The molecule has 0 bridgehead atoms. The van der Waals surface area contributed by atoms with Crippen LogP contribution in [-0.4, -0.2) is 24.9 Å². The lowest BCUT2D eigenvalue weighted by Gasteiger charge is -2.12. The number of thioether (sulfide) groups is 1. The Kier molecular flexibility index (Phi) is 6.76. The van der Waals surface area contributed by atoms with Crippen LogP contribution in [0.25, 0.3) is 11.4 Å². The summed E-state index contributed by atoms with van der Waals surface area (Å²) < 4.78 is 21.9. The molecule has 31 heavy (non-hydrogen) atoms. The number of aromatic nitrogens is 5. The van der Waals surface area contributed by atoms with E-state index in [1.165, 1.54) is 17.8 Å². The van der Waals surface area contributed by atoms with Crippen molar-refractivity contribution in [2.45, 2.75) is 50.1 Å². The second-order valence-electron chi connectivity index (χ2n) is 7.27. The zero-order valence-electron chi connectivity index (χ0n) is 17.5. The van der Waals surface area contributed by atoms with Gasteiger partial charge in [0.2, 0.25) is 5.89 Å². The highest BCUT2D eigenvalue weighted by molar-refractivity contribution is 7.99. The van der Waals surface area contributed by atoms with Crippen LogP contribution in [0.2, 0.25) is 0 Å². The summed E-state index contributed by atoms with van der Waals surface area (Å²) in [4.78, 5) is 4.52. The van der Waals surface area contributed by atoms with Gasteiger partial charge in [-0.1, -0.05) is 72.7 Å². The van der Waals surface area contributed by atoms with Crippen molar-refractivity contribution in [2.75, 3.05) is 0 Å². The lowest BCUT2D eigenvalue weighted by Crippen LogP contribution is -2.05. The molecule has 2 aromatic heterocycles. The van der Waals surface area contributed by atoms with E-state index in [4.69, 9.17) is 4.52 Å². The van der Waals surface area contributed by atoms with Gasteiger partial charge in [-0.25, -0.2) is 4.39 Å². The minimum absolute atomic E-state index is 0.116. The second kappa shape index (κ2) is 9.87. The average Bonchev–Trinajstić information content (AvgIpc) is 3.41. The van der Waals surface area contributed by atoms with Gasteiger partial charge < -0.3 is 4.52 Å². The molecule has 0 fully saturated rings. The Morgan fingerprint density at radius 1 is 1.06 bits per heavy atom. The predicted octanol–water partition coefficient (Wildman–Crippen LogP) is 5.71. The molecule has 2 aromatic carbocycles. The molecule has 8 heteroatoms. The van der Waals surface area contributed by atoms with Crippen molar-refractivity contribution >= 4 is 11.8 Å². The Morgan fingerprint density at radius 3 is 2.61 bits per heavy atom. The number of aryl methyl sites for hydroxylation is 1. The molecule has 0 amide bonds. The third-order valence-electron chi connectivity index (χ3n) is 4.88. The SMILES string of the molecule is CCCCc1noc(C(C)Sc2nnc(-c3ccccc3F)n2Cc2ccccc2)n1. The van der Waals surface area contributed by atoms with Gasteiger partial charge >= 0.3 is 0 Å². The van der Waals surface area contributed by atoms with Gasteiger partial charge in [0.1, 0.15) is 5.82 Å². The Bertz CT molecular complexity index is 1130. The fourth-order valence-electron chi connectivity index (χ4n) is 3.20. The summed E-state index contributed by atoms with van der Waals surface area (Å²) in [5, 5.41) is 13.3. The molecular weight excluding hydrogens is 413 g/mol. The number of benzene rings is 2.